The first-order valence-electron chi connectivity index (χ1n) is 11.1. The van der Waals surface area contributed by atoms with Gasteiger partial charge in [0.15, 0.2) is 6.10 Å². The second kappa shape index (κ2) is 8.49. The van der Waals surface area contributed by atoms with Crippen LogP contribution in [0.15, 0.2) is 53.3 Å². The Hall–Kier alpha value is -3.17. The molecule has 6 nitrogen and oxygen atoms in total. The first-order valence-corrected chi connectivity index (χ1v) is 11.5. The van der Waals surface area contributed by atoms with E-state index < -0.39 is 29.2 Å². The van der Waals surface area contributed by atoms with Gasteiger partial charge in [0.05, 0.1) is 28.8 Å². The lowest BCUT2D eigenvalue weighted by molar-refractivity contribution is -0.142. The molecule has 35 heavy (non-hydrogen) atoms. The zero-order valence-corrected chi connectivity index (χ0v) is 19.2. The number of alkyl halides is 3. The van der Waals surface area contributed by atoms with E-state index in [1.165, 1.54) is 11.0 Å². The number of fused-ring (bicyclic) bond motifs is 1. The zero-order chi connectivity index (χ0) is 25.0. The Balaban J connectivity index is 1.38. The number of hydrogen-bond donors (Lipinski definition) is 2. The van der Waals surface area contributed by atoms with Crippen LogP contribution in [0.2, 0.25) is 5.02 Å². The molecule has 1 saturated carbocycles. The average molecular weight is 504 g/mol. The van der Waals surface area contributed by atoms with Gasteiger partial charge in [0.1, 0.15) is 5.82 Å². The van der Waals surface area contributed by atoms with Crippen LogP contribution in [0.25, 0.3) is 0 Å². The maximum atomic E-state index is 13.0. The minimum Gasteiger partial charge on any atom is -0.378 e. The first-order chi connectivity index (χ1) is 16.6. The number of H-pyrrole nitrogens is 1. The van der Waals surface area contributed by atoms with E-state index in [0.29, 0.717) is 28.5 Å². The molecular weight excluding hydrogens is 483 g/mol. The maximum Gasteiger partial charge on any atom is 0.416 e. The highest BCUT2D eigenvalue weighted by molar-refractivity contribution is 6.30. The number of aromatic amines is 1. The highest BCUT2D eigenvalue weighted by Crippen LogP contribution is 2.52. The molecule has 2 heterocycles. The number of amides is 1. The fourth-order valence-electron chi connectivity index (χ4n) is 4.61. The Bertz CT molecular complexity index is 1370. The van der Waals surface area contributed by atoms with Crippen molar-refractivity contribution in [3.8, 4) is 0 Å². The van der Waals surface area contributed by atoms with Gasteiger partial charge in [-0.25, -0.2) is 4.98 Å². The number of carbonyl (C=O) groups is 1. The number of aliphatic hydroxyl groups excluding tert-OH is 1. The fourth-order valence-corrected chi connectivity index (χ4v) is 4.80. The molecule has 3 aromatic rings. The molecule has 0 bridgehead atoms. The summed E-state index contributed by atoms with van der Waals surface area (Å²) in [5.41, 5.74) is -0.00972. The van der Waals surface area contributed by atoms with E-state index in [9.17, 15) is 27.9 Å². The van der Waals surface area contributed by atoms with Crippen LogP contribution in [0.4, 0.5) is 13.2 Å². The summed E-state index contributed by atoms with van der Waals surface area (Å²) in [4.78, 5) is 34.7. The predicted octanol–water partition coefficient (Wildman–Crippen LogP) is 4.14. The monoisotopic (exact) mass is 503 g/mol. The van der Waals surface area contributed by atoms with Crippen LogP contribution in [0, 0.1) is 0 Å². The highest BCUT2D eigenvalue weighted by atomic mass is 35.5. The highest BCUT2D eigenvalue weighted by Gasteiger charge is 2.49. The summed E-state index contributed by atoms with van der Waals surface area (Å²) >= 11 is 6.15. The number of halogens is 4. The lowest BCUT2D eigenvalue weighted by atomic mass is 9.94. The van der Waals surface area contributed by atoms with E-state index in [4.69, 9.17) is 16.6 Å². The van der Waals surface area contributed by atoms with Crippen LogP contribution in [0.5, 0.6) is 0 Å². The number of nitrogens with one attached hydrogen (secondary N) is 1. The number of aliphatic hydroxyl groups is 1. The van der Waals surface area contributed by atoms with Crippen LogP contribution in [0.1, 0.15) is 52.7 Å². The topological polar surface area (TPSA) is 86.3 Å². The maximum absolute atomic E-state index is 13.0. The van der Waals surface area contributed by atoms with Gasteiger partial charge in [0, 0.05) is 18.0 Å². The molecule has 5 rings (SSSR count). The van der Waals surface area contributed by atoms with Gasteiger partial charge < -0.3 is 15.0 Å². The van der Waals surface area contributed by atoms with Crippen LogP contribution >= 0.6 is 11.6 Å². The molecule has 0 spiro atoms. The summed E-state index contributed by atoms with van der Waals surface area (Å²) in [5.74, 6) is -0.205. The van der Waals surface area contributed by atoms with Crippen LogP contribution in [-0.4, -0.2) is 32.4 Å². The van der Waals surface area contributed by atoms with E-state index in [1.54, 1.807) is 6.07 Å². The Morgan fingerprint density at radius 1 is 1.17 bits per heavy atom. The summed E-state index contributed by atoms with van der Waals surface area (Å²) in [6.45, 7) is 0.0961. The van der Waals surface area contributed by atoms with E-state index in [0.717, 1.165) is 36.6 Å². The Kier molecular flexibility index (Phi) is 5.72. The van der Waals surface area contributed by atoms with Crippen molar-refractivity contribution in [3.05, 3.63) is 97.7 Å². The van der Waals surface area contributed by atoms with Gasteiger partial charge in [0.2, 0.25) is 0 Å². The molecule has 0 unspecified atom stereocenters. The van der Waals surface area contributed by atoms with Crippen molar-refractivity contribution in [2.24, 2.45) is 0 Å². The molecule has 1 fully saturated rings. The lowest BCUT2D eigenvalue weighted by Gasteiger charge is -2.30. The Morgan fingerprint density at radius 3 is 2.60 bits per heavy atom. The largest absolute Gasteiger partial charge is 0.416 e. The molecule has 2 aliphatic rings. The smallest absolute Gasteiger partial charge is 0.378 e. The van der Waals surface area contributed by atoms with Crippen LogP contribution < -0.4 is 5.56 Å². The third kappa shape index (κ3) is 4.34. The summed E-state index contributed by atoms with van der Waals surface area (Å²) in [6, 6.07) is 11.5. The molecule has 182 valence electrons. The Morgan fingerprint density at radius 2 is 1.91 bits per heavy atom. The third-order valence-electron chi connectivity index (χ3n) is 6.72. The van der Waals surface area contributed by atoms with E-state index in [2.05, 4.69) is 4.98 Å². The molecule has 1 amide bonds. The molecule has 0 radical (unpaired) electrons. The summed E-state index contributed by atoms with van der Waals surface area (Å²) in [6.07, 6.45) is -4.43. The van der Waals surface area contributed by atoms with Gasteiger partial charge in [-0.2, -0.15) is 13.2 Å². The minimum atomic E-state index is -4.59. The quantitative estimate of drug-likeness (QED) is 0.560. The van der Waals surface area contributed by atoms with Crippen molar-refractivity contribution >= 4 is 17.5 Å². The second-order valence-electron chi connectivity index (χ2n) is 8.97. The van der Waals surface area contributed by atoms with Gasteiger partial charge in [0.25, 0.3) is 11.5 Å². The summed E-state index contributed by atoms with van der Waals surface area (Å²) in [5, 5.41) is 11.1. The van der Waals surface area contributed by atoms with E-state index >= 15 is 0 Å². The number of carbonyl (C=O) groups excluding carboxylic acids is 1. The van der Waals surface area contributed by atoms with Crippen molar-refractivity contribution in [3.63, 3.8) is 0 Å². The number of rotatable bonds is 4. The number of hydrogen-bond acceptors (Lipinski definition) is 4. The van der Waals surface area contributed by atoms with Crippen LogP contribution in [-0.2, 0) is 29.4 Å². The number of benzene rings is 2. The summed E-state index contributed by atoms with van der Waals surface area (Å²) < 4.78 is 39.1. The molecule has 2 N–H and O–H groups in total. The number of nitrogens with zero attached hydrogens (tertiary/aromatic N) is 2. The molecule has 1 aliphatic heterocycles. The SMILES string of the molecule is O=C([C@H](O)c1cccc(C(F)(F)F)c1)N1CCc2nc(C3(c4cccc(Cl)c4)CC3)[nH]c(=O)c2C1. The summed E-state index contributed by atoms with van der Waals surface area (Å²) in [7, 11) is 0. The van der Waals surface area contributed by atoms with Crippen LogP contribution in [0.3, 0.4) is 0 Å². The second-order valence-corrected chi connectivity index (χ2v) is 9.40. The van der Waals surface area contributed by atoms with Crippen molar-refractivity contribution in [2.45, 2.75) is 43.5 Å². The minimum absolute atomic E-state index is 0.0863. The molecule has 1 aromatic heterocycles. The van der Waals surface area contributed by atoms with Gasteiger partial charge in [-0.15, -0.1) is 0 Å². The molecular formula is C25H21ClF3N3O3. The lowest BCUT2D eigenvalue weighted by Crippen LogP contribution is -2.42. The third-order valence-corrected chi connectivity index (χ3v) is 6.96. The van der Waals surface area contributed by atoms with Crippen molar-refractivity contribution < 1.29 is 23.1 Å². The van der Waals surface area contributed by atoms with E-state index in [1.807, 2.05) is 18.2 Å². The van der Waals surface area contributed by atoms with Gasteiger partial charge in [-0.3, -0.25) is 9.59 Å². The standard InChI is InChI=1S/C25H21ClF3N3O3/c26-17-6-2-4-15(12-17)24(8-9-24)23-30-19-7-10-32(13-18(19)21(34)31-23)22(35)20(33)14-3-1-5-16(11-14)25(27,28)29/h1-6,11-12,20,33H,7-10,13H2,(H,30,31,34)/t20-/m1/s1. The zero-order valence-electron chi connectivity index (χ0n) is 18.4. The van der Waals surface area contributed by atoms with Crippen molar-refractivity contribution in [1.82, 2.24) is 14.9 Å². The normalized spacial score (nSPS) is 17.6. The molecule has 0 saturated heterocycles. The first kappa shape index (κ1) is 23.6. The van der Waals surface area contributed by atoms with Crippen molar-refractivity contribution in [1.29, 1.82) is 0 Å². The van der Waals surface area contributed by atoms with Gasteiger partial charge in [-0.05, 0) is 48.2 Å². The molecule has 2 aromatic carbocycles. The van der Waals surface area contributed by atoms with Gasteiger partial charge >= 0.3 is 6.18 Å². The average Bonchev–Trinajstić information content (AvgIpc) is 3.65. The molecule has 1 atom stereocenters. The van der Waals surface area contributed by atoms with Crippen molar-refractivity contribution in [2.75, 3.05) is 6.54 Å². The molecule has 1 aliphatic carbocycles. The Labute approximate surface area is 203 Å². The fraction of sp³-hybridized carbons (Fsp3) is 0.320. The predicted molar refractivity (Wildman–Crippen MR) is 122 cm³/mol. The van der Waals surface area contributed by atoms with E-state index in [-0.39, 0.29) is 24.2 Å². The van der Waals surface area contributed by atoms with Gasteiger partial charge in [-0.1, -0.05) is 35.9 Å². The molecule has 10 heteroatoms. The number of aromatic nitrogens is 2.